The van der Waals surface area contributed by atoms with Crippen molar-refractivity contribution in [2.75, 3.05) is 23.5 Å². The molecule has 27 heavy (non-hydrogen) atoms. The minimum absolute atomic E-state index is 0.0554. The van der Waals surface area contributed by atoms with Crippen molar-refractivity contribution < 1.29 is 27.6 Å². The third-order valence-electron chi connectivity index (χ3n) is 4.40. The molecule has 6 N–H and O–H groups in total. The average molecular weight is 402 g/mol. The Morgan fingerprint density at radius 1 is 1.48 bits per heavy atom. The quantitative estimate of drug-likeness (QED) is 0.343. The number of anilines is 1. The summed E-state index contributed by atoms with van der Waals surface area (Å²) in [7, 11) is -0.349. The van der Waals surface area contributed by atoms with Gasteiger partial charge in [-0.1, -0.05) is 0 Å². The van der Waals surface area contributed by atoms with Crippen LogP contribution in [0, 0.1) is 0 Å². The lowest BCUT2D eigenvalue weighted by atomic mass is 10.1. The van der Waals surface area contributed by atoms with E-state index >= 15 is 0 Å². The standard InChI is InChI=1S/C15H22N6O5S/c1-27(3-2-7(16)15(24)25)4-8-10(22)11(23)14(26-8)21-6-20-9-12(17)18-5-19-13(9)21/h5-8,10-11,14,22-23H,2-4,16H2,1H3,(H2-,17,18,19,24,25)/t7-,8+,10+,11+,14+,27?/m0/s1/i5T,6T. The first-order valence-corrected chi connectivity index (χ1v) is 10.1. The summed E-state index contributed by atoms with van der Waals surface area (Å²) in [5, 5.41) is 31.6. The lowest BCUT2D eigenvalue weighted by molar-refractivity contribution is -0.307. The van der Waals surface area contributed by atoms with Crippen LogP contribution in [0.15, 0.2) is 12.6 Å². The van der Waals surface area contributed by atoms with Crippen LogP contribution in [0.4, 0.5) is 5.82 Å². The Labute approximate surface area is 160 Å². The van der Waals surface area contributed by atoms with E-state index in [1.165, 1.54) is 4.57 Å². The van der Waals surface area contributed by atoms with Crippen LogP contribution in [0.2, 0.25) is 0 Å². The number of rotatable bonds is 7. The van der Waals surface area contributed by atoms with E-state index in [0.29, 0.717) is 11.5 Å². The Bertz CT molecular complexity index is 917. The van der Waals surface area contributed by atoms with E-state index in [-0.39, 0.29) is 46.9 Å². The number of aliphatic hydroxyl groups is 2. The van der Waals surface area contributed by atoms with Crippen LogP contribution in [-0.4, -0.2) is 77.8 Å². The highest BCUT2D eigenvalue weighted by atomic mass is 32.2. The van der Waals surface area contributed by atoms with Gasteiger partial charge in [0.1, 0.15) is 44.4 Å². The van der Waals surface area contributed by atoms with Crippen LogP contribution in [0.3, 0.4) is 0 Å². The van der Waals surface area contributed by atoms with E-state index in [1.54, 1.807) is 0 Å². The SMILES string of the molecule is [3H]c1nc(N)c2nc([3H])n([C@@H]3O[C@H](C[S+](C)CC[C@H](N)C(=O)[O-])[C@@H](O)[C@H]3O)c2n1. The van der Waals surface area contributed by atoms with Gasteiger partial charge >= 0.3 is 0 Å². The molecule has 1 unspecified atom stereocenters. The van der Waals surface area contributed by atoms with Gasteiger partial charge in [-0.25, -0.2) is 15.0 Å². The molecule has 0 spiro atoms. The first-order chi connectivity index (χ1) is 13.6. The third-order valence-corrected chi connectivity index (χ3v) is 6.23. The van der Waals surface area contributed by atoms with Gasteiger partial charge in [-0.15, -0.1) is 0 Å². The topological polar surface area (TPSA) is 185 Å². The molecular formula is C15H22N6O5S. The van der Waals surface area contributed by atoms with Gasteiger partial charge in [-0.05, 0) is 10.9 Å². The van der Waals surface area contributed by atoms with Crippen molar-refractivity contribution in [3.05, 3.63) is 12.6 Å². The van der Waals surface area contributed by atoms with E-state index < -0.39 is 36.6 Å². The molecular weight excluding hydrogens is 376 g/mol. The first kappa shape index (κ1) is 17.1. The molecule has 0 aromatic carbocycles. The highest BCUT2D eigenvalue weighted by Gasteiger charge is 2.46. The van der Waals surface area contributed by atoms with Gasteiger partial charge in [0.15, 0.2) is 17.7 Å². The van der Waals surface area contributed by atoms with Crippen molar-refractivity contribution in [3.63, 3.8) is 0 Å². The zero-order valence-corrected chi connectivity index (χ0v) is 15.3. The number of nitrogen functional groups attached to an aromatic ring is 1. The van der Waals surface area contributed by atoms with Crippen molar-refractivity contribution in [1.82, 2.24) is 19.5 Å². The number of aromatic nitrogens is 4. The predicted octanol–water partition coefficient (Wildman–Crippen LogP) is -3.26. The smallest absolute Gasteiger partial charge is 0.167 e. The van der Waals surface area contributed by atoms with Crippen LogP contribution in [-0.2, 0) is 20.4 Å². The molecule has 12 heteroatoms. The van der Waals surface area contributed by atoms with Crippen LogP contribution in [0.25, 0.3) is 11.2 Å². The fourth-order valence-electron chi connectivity index (χ4n) is 2.84. The average Bonchev–Trinajstić information content (AvgIpc) is 3.10. The van der Waals surface area contributed by atoms with Gasteiger partial charge in [-0.2, -0.15) is 0 Å². The van der Waals surface area contributed by atoms with Crippen LogP contribution in [0.5, 0.6) is 0 Å². The summed E-state index contributed by atoms with van der Waals surface area (Å²) in [5.74, 6) is -0.544. The maximum Gasteiger partial charge on any atom is 0.167 e. The van der Waals surface area contributed by atoms with Gasteiger partial charge in [0.05, 0.1) is 18.5 Å². The second-order valence-electron chi connectivity index (χ2n) is 6.38. The van der Waals surface area contributed by atoms with Gasteiger partial charge in [0.25, 0.3) is 0 Å². The number of hydrogen-bond acceptors (Lipinski definition) is 10. The number of aliphatic carboxylic acids is 1. The summed E-state index contributed by atoms with van der Waals surface area (Å²) < 4.78 is 22.7. The minimum Gasteiger partial charge on any atom is -0.548 e. The molecule has 1 aliphatic heterocycles. The molecule has 3 heterocycles. The summed E-state index contributed by atoms with van der Waals surface area (Å²) in [5.41, 5.74) is 11.3. The first-order valence-electron chi connectivity index (χ1n) is 9.16. The molecule has 1 saturated heterocycles. The Morgan fingerprint density at radius 2 is 2.22 bits per heavy atom. The fraction of sp³-hybridized carbons (Fsp3) is 0.600. The van der Waals surface area contributed by atoms with Crippen LogP contribution >= 0.6 is 0 Å². The van der Waals surface area contributed by atoms with E-state index in [2.05, 4.69) is 15.0 Å². The zero-order valence-electron chi connectivity index (χ0n) is 16.5. The maximum absolute atomic E-state index is 10.7. The van der Waals surface area contributed by atoms with Crippen molar-refractivity contribution in [1.29, 1.82) is 0 Å². The molecule has 1 fully saturated rings. The summed E-state index contributed by atoms with van der Waals surface area (Å²) in [4.78, 5) is 22.3. The highest BCUT2D eigenvalue weighted by molar-refractivity contribution is 7.96. The van der Waals surface area contributed by atoms with Crippen molar-refractivity contribution >= 4 is 33.8 Å². The number of imidazole rings is 1. The molecule has 2 aromatic rings. The molecule has 3 rings (SSSR count). The van der Waals surface area contributed by atoms with Gasteiger partial charge < -0.3 is 36.3 Å². The molecule has 11 nitrogen and oxygen atoms in total. The number of carbonyl (C=O) groups is 1. The van der Waals surface area contributed by atoms with Crippen molar-refractivity contribution in [2.24, 2.45) is 5.73 Å². The van der Waals surface area contributed by atoms with E-state index in [9.17, 15) is 20.1 Å². The number of ether oxygens (including phenoxy) is 1. The maximum atomic E-state index is 10.7. The monoisotopic (exact) mass is 402 g/mol. The molecule has 1 aliphatic rings. The van der Waals surface area contributed by atoms with Crippen LogP contribution < -0.4 is 16.6 Å². The van der Waals surface area contributed by atoms with E-state index in [0.717, 1.165) is 0 Å². The number of nitrogens with zero attached hydrogens (tertiary/aromatic N) is 4. The number of nitrogens with two attached hydrogens (primary N) is 2. The highest BCUT2D eigenvalue weighted by Crippen LogP contribution is 2.32. The molecule has 0 amide bonds. The summed E-state index contributed by atoms with van der Waals surface area (Å²) in [6.45, 7) is 0. The molecule has 6 atom stereocenters. The second-order valence-corrected chi connectivity index (χ2v) is 8.68. The Hall–Kier alpha value is -1.99. The fourth-order valence-corrected chi connectivity index (χ4v) is 4.50. The van der Waals surface area contributed by atoms with Crippen LogP contribution in [0.1, 0.15) is 15.4 Å². The minimum atomic E-state index is -1.37. The number of carboxylic acids is 1. The van der Waals surface area contributed by atoms with Crippen molar-refractivity contribution in [3.8, 4) is 0 Å². The van der Waals surface area contributed by atoms with Crippen molar-refractivity contribution in [2.45, 2.75) is 37.0 Å². The normalized spacial score (nSPS) is 28.7. The second kappa shape index (κ2) is 7.94. The van der Waals surface area contributed by atoms with Gasteiger partial charge in [0.2, 0.25) is 0 Å². The Balaban J connectivity index is 1.77. The summed E-state index contributed by atoms with van der Waals surface area (Å²) in [6, 6.07) is -1.06. The lowest BCUT2D eigenvalue weighted by Crippen LogP contribution is -2.43. The molecule has 0 aliphatic carbocycles. The Kier molecular flexibility index (Phi) is 5.04. The molecule has 0 bridgehead atoms. The predicted molar refractivity (Wildman–Crippen MR) is 96.3 cm³/mol. The zero-order chi connectivity index (χ0) is 21.5. The molecule has 148 valence electrons. The van der Waals surface area contributed by atoms with E-state index in [4.69, 9.17) is 18.9 Å². The third kappa shape index (κ3) is 3.99. The number of hydrogen-bond donors (Lipinski definition) is 4. The number of carboxylic acid groups (broad SMARTS) is 1. The lowest BCUT2D eigenvalue weighted by Gasteiger charge is -2.16. The van der Waals surface area contributed by atoms with E-state index in [1.807, 2.05) is 6.26 Å². The number of aliphatic hydroxyl groups excluding tert-OH is 2. The Morgan fingerprint density at radius 3 is 2.93 bits per heavy atom. The summed E-state index contributed by atoms with van der Waals surface area (Å²) >= 11 is 0. The van der Waals surface area contributed by atoms with Gasteiger partial charge in [-0.3, -0.25) is 4.57 Å². The number of carbonyl (C=O) groups excluding carboxylic acids is 1. The molecule has 2 aromatic heterocycles. The molecule has 0 saturated carbocycles. The largest absolute Gasteiger partial charge is 0.548 e. The van der Waals surface area contributed by atoms with Gasteiger partial charge in [0, 0.05) is 12.5 Å². The number of fused-ring (bicyclic) bond motifs is 1. The summed E-state index contributed by atoms with van der Waals surface area (Å²) in [6.07, 6.45) is -3.09. The molecule has 0 radical (unpaired) electrons.